The first kappa shape index (κ1) is 8.19. The summed E-state index contributed by atoms with van der Waals surface area (Å²) in [6.45, 7) is -0.381. The van der Waals surface area contributed by atoms with Crippen LogP contribution >= 0.6 is 0 Å². The van der Waals surface area contributed by atoms with Gasteiger partial charge in [0, 0.05) is 0 Å². The van der Waals surface area contributed by atoms with Crippen LogP contribution < -0.4 is 0 Å². The number of ether oxygens (including phenoxy) is 1. The standard InChI is InChI=1S/C6H8O5/c7-2-3-1-4(8)5(9)6(10)11-3/h1,3,6-8,10H,2H2/t3-,6?/m0/s1. The highest BCUT2D eigenvalue weighted by molar-refractivity contribution is 5.96. The molecule has 2 atom stereocenters. The minimum atomic E-state index is -1.66. The number of rotatable bonds is 1. The second-order valence-electron chi connectivity index (χ2n) is 2.13. The molecule has 0 radical (unpaired) electrons. The van der Waals surface area contributed by atoms with Crippen molar-refractivity contribution in [3.8, 4) is 0 Å². The summed E-state index contributed by atoms with van der Waals surface area (Å²) in [6.07, 6.45) is -1.41. The molecule has 11 heavy (non-hydrogen) atoms. The second-order valence-corrected chi connectivity index (χ2v) is 2.13. The van der Waals surface area contributed by atoms with Crippen LogP contribution in [-0.4, -0.2) is 40.1 Å². The van der Waals surface area contributed by atoms with Gasteiger partial charge in [0.25, 0.3) is 5.78 Å². The number of hydrogen-bond acceptors (Lipinski definition) is 5. The molecule has 0 aromatic heterocycles. The summed E-state index contributed by atoms with van der Waals surface area (Å²) in [5.41, 5.74) is 0. The van der Waals surface area contributed by atoms with Gasteiger partial charge < -0.3 is 20.1 Å². The molecule has 1 rings (SSSR count). The summed E-state index contributed by atoms with van der Waals surface area (Å²) < 4.78 is 4.54. The molecule has 0 aliphatic carbocycles. The summed E-state index contributed by atoms with van der Waals surface area (Å²) in [5, 5.41) is 26.1. The van der Waals surface area contributed by atoms with Gasteiger partial charge in [0.2, 0.25) is 6.29 Å². The molecule has 5 nitrogen and oxygen atoms in total. The zero-order chi connectivity index (χ0) is 8.43. The van der Waals surface area contributed by atoms with Crippen LogP contribution in [0.3, 0.4) is 0 Å². The third-order valence-electron chi connectivity index (χ3n) is 1.30. The number of aliphatic hydroxyl groups excluding tert-OH is 3. The van der Waals surface area contributed by atoms with Crippen LogP contribution in [0.25, 0.3) is 0 Å². The number of ketones is 1. The van der Waals surface area contributed by atoms with E-state index in [1.807, 2.05) is 0 Å². The third-order valence-corrected chi connectivity index (χ3v) is 1.30. The molecule has 0 saturated carbocycles. The maximum atomic E-state index is 10.6. The van der Waals surface area contributed by atoms with E-state index in [9.17, 15) is 4.79 Å². The van der Waals surface area contributed by atoms with Gasteiger partial charge in [-0.2, -0.15) is 0 Å². The predicted molar refractivity (Wildman–Crippen MR) is 33.7 cm³/mol. The van der Waals surface area contributed by atoms with Gasteiger partial charge in [-0.15, -0.1) is 0 Å². The lowest BCUT2D eigenvalue weighted by molar-refractivity contribution is -0.169. The molecule has 5 heteroatoms. The molecule has 0 aromatic rings. The van der Waals surface area contributed by atoms with Crippen LogP contribution in [-0.2, 0) is 9.53 Å². The molecular weight excluding hydrogens is 152 g/mol. The van der Waals surface area contributed by atoms with Crippen molar-refractivity contribution < 1.29 is 24.9 Å². The Morgan fingerprint density at radius 1 is 1.64 bits per heavy atom. The van der Waals surface area contributed by atoms with Gasteiger partial charge in [0.05, 0.1) is 6.61 Å². The van der Waals surface area contributed by atoms with Crippen LogP contribution in [0.1, 0.15) is 0 Å². The smallest absolute Gasteiger partial charge is 0.252 e. The fourth-order valence-corrected chi connectivity index (χ4v) is 0.747. The summed E-state index contributed by atoms with van der Waals surface area (Å²) in [7, 11) is 0. The van der Waals surface area contributed by atoms with E-state index in [0.29, 0.717) is 0 Å². The Hall–Kier alpha value is -0.910. The van der Waals surface area contributed by atoms with Gasteiger partial charge in [-0.05, 0) is 6.08 Å². The molecule has 0 amide bonds. The summed E-state index contributed by atoms with van der Waals surface area (Å²) >= 11 is 0. The van der Waals surface area contributed by atoms with Gasteiger partial charge >= 0.3 is 0 Å². The number of carbonyl (C=O) groups excluding carboxylic acids is 1. The lowest BCUT2D eigenvalue weighted by Crippen LogP contribution is -2.36. The summed E-state index contributed by atoms with van der Waals surface area (Å²) in [4.78, 5) is 10.6. The lowest BCUT2D eigenvalue weighted by atomic mass is 10.2. The molecule has 3 N–H and O–H groups in total. The molecule has 0 saturated heterocycles. The predicted octanol–water partition coefficient (Wildman–Crippen LogP) is -1.29. The molecule has 0 bridgehead atoms. The van der Waals surface area contributed by atoms with Crippen molar-refractivity contribution >= 4 is 5.78 Å². The Balaban J connectivity index is 2.76. The van der Waals surface area contributed by atoms with Crippen LogP contribution in [0, 0.1) is 0 Å². The Morgan fingerprint density at radius 3 is 2.73 bits per heavy atom. The first-order chi connectivity index (χ1) is 5.15. The van der Waals surface area contributed by atoms with E-state index in [-0.39, 0.29) is 6.61 Å². The lowest BCUT2D eigenvalue weighted by Gasteiger charge is -2.20. The van der Waals surface area contributed by atoms with E-state index in [1.165, 1.54) is 0 Å². The Bertz CT molecular complexity index is 197. The van der Waals surface area contributed by atoms with Crippen molar-refractivity contribution in [3.63, 3.8) is 0 Å². The summed E-state index contributed by atoms with van der Waals surface area (Å²) in [6, 6.07) is 0. The molecule has 1 aliphatic rings. The SMILES string of the molecule is O=C1C(O)=C[C@@H](CO)OC1O. The highest BCUT2D eigenvalue weighted by Crippen LogP contribution is 2.11. The van der Waals surface area contributed by atoms with Crippen LogP contribution in [0.15, 0.2) is 11.8 Å². The van der Waals surface area contributed by atoms with E-state index >= 15 is 0 Å². The van der Waals surface area contributed by atoms with E-state index in [1.54, 1.807) is 0 Å². The van der Waals surface area contributed by atoms with E-state index in [4.69, 9.17) is 15.3 Å². The zero-order valence-electron chi connectivity index (χ0n) is 5.60. The fraction of sp³-hybridized carbons (Fsp3) is 0.500. The van der Waals surface area contributed by atoms with Crippen LogP contribution in [0.2, 0.25) is 0 Å². The Morgan fingerprint density at radius 2 is 2.27 bits per heavy atom. The third kappa shape index (κ3) is 1.56. The van der Waals surface area contributed by atoms with Crippen molar-refractivity contribution in [1.82, 2.24) is 0 Å². The van der Waals surface area contributed by atoms with Gasteiger partial charge in [0.1, 0.15) is 6.10 Å². The monoisotopic (exact) mass is 160 g/mol. The molecular formula is C6H8O5. The minimum absolute atomic E-state index is 0.381. The maximum absolute atomic E-state index is 10.6. The normalized spacial score (nSPS) is 31.8. The van der Waals surface area contributed by atoms with E-state index in [2.05, 4.69) is 4.74 Å². The van der Waals surface area contributed by atoms with E-state index < -0.39 is 23.9 Å². The molecule has 62 valence electrons. The quantitative estimate of drug-likeness (QED) is 0.444. The topological polar surface area (TPSA) is 87.0 Å². The Kier molecular flexibility index (Phi) is 2.23. The number of aliphatic hydroxyl groups is 3. The van der Waals surface area contributed by atoms with Gasteiger partial charge in [0.15, 0.2) is 5.76 Å². The number of carbonyl (C=O) groups is 1. The molecule has 0 aromatic carbocycles. The van der Waals surface area contributed by atoms with Gasteiger partial charge in [-0.1, -0.05) is 0 Å². The molecule has 0 spiro atoms. The average Bonchev–Trinajstić information content (AvgIpc) is 1.99. The van der Waals surface area contributed by atoms with E-state index in [0.717, 1.165) is 6.08 Å². The van der Waals surface area contributed by atoms with Crippen molar-refractivity contribution in [2.45, 2.75) is 12.4 Å². The number of Topliss-reactive ketones (excluding diaryl/α,β-unsaturated/α-hetero) is 1. The molecule has 0 fully saturated rings. The fourth-order valence-electron chi connectivity index (χ4n) is 0.747. The van der Waals surface area contributed by atoms with Crippen LogP contribution in [0.4, 0.5) is 0 Å². The van der Waals surface area contributed by atoms with Crippen LogP contribution in [0.5, 0.6) is 0 Å². The van der Waals surface area contributed by atoms with Gasteiger partial charge in [-0.25, -0.2) is 0 Å². The maximum Gasteiger partial charge on any atom is 0.252 e. The summed E-state index contributed by atoms with van der Waals surface area (Å²) in [5.74, 6) is -1.45. The largest absolute Gasteiger partial charge is 0.504 e. The molecule has 1 unspecified atom stereocenters. The first-order valence-corrected chi connectivity index (χ1v) is 3.04. The van der Waals surface area contributed by atoms with Crippen molar-refractivity contribution in [2.75, 3.05) is 6.61 Å². The Labute approximate surface area is 62.5 Å². The van der Waals surface area contributed by atoms with Crippen molar-refractivity contribution in [2.24, 2.45) is 0 Å². The van der Waals surface area contributed by atoms with Crippen molar-refractivity contribution in [1.29, 1.82) is 0 Å². The average molecular weight is 160 g/mol. The second kappa shape index (κ2) is 3.00. The molecule has 1 heterocycles. The van der Waals surface area contributed by atoms with Gasteiger partial charge in [-0.3, -0.25) is 4.79 Å². The minimum Gasteiger partial charge on any atom is -0.504 e. The van der Waals surface area contributed by atoms with Crippen molar-refractivity contribution in [3.05, 3.63) is 11.8 Å². The zero-order valence-corrected chi connectivity index (χ0v) is 5.60. The highest BCUT2D eigenvalue weighted by Gasteiger charge is 2.28. The molecule has 1 aliphatic heterocycles. The highest BCUT2D eigenvalue weighted by atomic mass is 16.6. The first-order valence-electron chi connectivity index (χ1n) is 3.04. The number of hydrogen-bond donors (Lipinski definition) is 3.